The molecule has 1 unspecified atom stereocenters. The first-order chi connectivity index (χ1) is 3.18. The maximum absolute atomic E-state index is 9.63. The molecule has 4 nitrogen and oxygen atoms in total. The summed E-state index contributed by atoms with van der Waals surface area (Å²) < 4.78 is 0. The second kappa shape index (κ2) is 5.17. The number of carbonyl (C=O) groups excluding carboxylic acids is 1. The molecule has 1 amide bonds. The largest absolute Gasteiger partial charge is 1.00 e. The standard InChI is InChI=1S/C3H7NO3.Os/c4-3(7)2(6)1-5;/h2,5-6H,1H2,(H2,4,7);/q;+1/p-1. The molecule has 0 bridgehead atoms. The van der Waals surface area contributed by atoms with Crippen LogP contribution >= 0.6 is 0 Å². The van der Waals surface area contributed by atoms with E-state index in [-0.39, 0.29) is 19.8 Å². The summed E-state index contributed by atoms with van der Waals surface area (Å²) in [7, 11) is 0. The zero-order valence-corrected chi connectivity index (χ0v) is 6.48. The van der Waals surface area contributed by atoms with Gasteiger partial charge in [0.2, 0.25) is 0 Å². The van der Waals surface area contributed by atoms with Crippen LogP contribution in [0.1, 0.15) is 0 Å². The third kappa shape index (κ3) is 4.19. The summed E-state index contributed by atoms with van der Waals surface area (Å²) in [4.78, 5) is 9.63. The zero-order valence-electron chi connectivity index (χ0n) is 3.94. The van der Waals surface area contributed by atoms with Crippen molar-refractivity contribution < 1.29 is 34.8 Å². The van der Waals surface area contributed by atoms with E-state index in [1.807, 2.05) is 0 Å². The van der Waals surface area contributed by atoms with Crippen LogP contribution in [-0.2, 0) is 24.6 Å². The third-order valence-corrected chi connectivity index (χ3v) is 0.476. The summed E-state index contributed by atoms with van der Waals surface area (Å²) >= 11 is 0. The average molecular weight is 294 g/mol. The number of hydrogen-bond acceptors (Lipinski definition) is 3. The van der Waals surface area contributed by atoms with Crippen LogP contribution in [0.3, 0.4) is 0 Å². The molecule has 0 aliphatic heterocycles. The van der Waals surface area contributed by atoms with Gasteiger partial charge in [-0.2, -0.15) is 0 Å². The van der Waals surface area contributed by atoms with Crippen LogP contribution in [0, 0.1) is 0 Å². The quantitative estimate of drug-likeness (QED) is 0.679. The van der Waals surface area contributed by atoms with Crippen LogP contribution in [0.2, 0.25) is 0 Å². The topological polar surface area (TPSA) is 81.3 Å². The van der Waals surface area contributed by atoms with Gasteiger partial charge >= 0.3 is 19.8 Å². The Morgan fingerprint density at radius 2 is 2.12 bits per heavy atom. The minimum Gasteiger partial charge on any atom is -0.665 e. The summed E-state index contributed by atoms with van der Waals surface area (Å²) in [6.45, 7) is -0.664. The van der Waals surface area contributed by atoms with Crippen molar-refractivity contribution in [2.24, 2.45) is 0 Å². The van der Waals surface area contributed by atoms with Crippen molar-refractivity contribution in [1.82, 2.24) is 0 Å². The van der Waals surface area contributed by atoms with E-state index in [2.05, 4.69) is 0 Å². The Hall–Kier alpha value is 0.0264. The molecule has 0 saturated heterocycles. The summed E-state index contributed by atoms with van der Waals surface area (Å²) in [6, 6.07) is 0. The Morgan fingerprint density at radius 1 is 1.75 bits per heavy atom. The van der Waals surface area contributed by atoms with Crippen LogP contribution in [0.4, 0.5) is 0 Å². The Kier molecular flexibility index (Phi) is 7.05. The molecule has 0 heterocycles. The Labute approximate surface area is 59.7 Å². The van der Waals surface area contributed by atoms with Gasteiger partial charge in [0.15, 0.2) is 0 Å². The van der Waals surface area contributed by atoms with Gasteiger partial charge in [-0.3, -0.25) is 0 Å². The van der Waals surface area contributed by atoms with Gasteiger partial charge in [0.25, 0.3) is 0 Å². The van der Waals surface area contributed by atoms with Gasteiger partial charge in [0, 0.05) is 0 Å². The second-order valence-corrected chi connectivity index (χ2v) is 1.06. The van der Waals surface area contributed by atoms with E-state index in [9.17, 15) is 4.79 Å². The van der Waals surface area contributed by atoms with Crippen molar-refractivity contribution >= 4 is 5.91 Å². The van der Waals surface area contributed by atoms with Crippen molar-refractivity contribution in [3.8, 4) is 0 Å². The van der Waals surface area contributed by atoms with E-state index in [4.69, 9.17) is 15.9 Å². The summed E-state index contributed by atoms with van der Waals surface area (Å²) in [5, 5.41) is 16.1. The van der Waals surface area contributed by atoms with Gasteiger partial charge in [-0.25, -0.2) is 0 Å². The minimum atomic E-state index is -1.51. The number of nitrogens with one attached hydrogen (secondary N) is 1. The maximum atomic E-state index is 9.63. The Bertz CT molecular complexity index is 76.9. The minimum absolute atomic E-state index is 0. The molecule has 0 aliphatic carbocycles. The average Bonchev–Trinajstić information content (AvgIpc) is 1.65. The first-order valence-corrected chi connectivity index (χ1v) is 1.73. The third-order valence-electron chi connectivity index (χ3n) is 0.476. The molecular weight excluding hydrogens is 288 g/mol. The fourth-order valence-corrected chi connectivity index (χ4v) is 0.0829. The molecule has 3 N–H and O–H groups in total. The predicted octanol–water partition coefficient (Wildman–Crippen LogP) is -1.08. The smallest absolute Gasteiger partial charge is 0.665 e. The summed E-state index contributed by atoms with van der Waals surface area (Å²) in [5.41, 5.74) is 6.13. The van der Waals surface area contributed by atoms with E-state index in [1.54, 1.807) is 0 Å². The number of amides is 1. The maximum Gasteiger partial charge on any atom is 1.00 e. The van der Waals surface area contributed by atoms with Crippen LogP contribution in [0.25, 0.3) is 5.73 Å². The predicted molar refractivity (Wildman–Crippen MR) is 22.4 cm³/mol. The van der Waals surface area contributed by atoms with E-state index < -0.39 is 18.6 Å². The molecule has 0 saturated carbocycles. The monoisotopic (exact) mass is 296 g/mol. The number of aliphatic hydroxyl groups excluding tert-OH is 2. The van der Waals surface area contributed by atoms with Crippen molar-refractivity contribution in [3.63, 3.8) is 0 Å². The molecule has 1 radical (unpaired) electrons. The second-order valence-electron chi connectivity index (χ2n) is 1.06. The van der Waals surface area contributed by atoms with Gasteiger partial charge < -0.3 is 20.7 Å². The van der Waals surface area contributed by atoms with E-state index >= 15 is 0 Å². The van der Waals surface area contributed by atoms with Crippen molar-refractivity contribution in [1.29, 1.82) is 0 Å². The Balaban J connectivity index is 0. The number of carbonyl (C=O) groups is 1. The van der Waals surface area contributed by atoms with Crippen molar-refractivity contribution in [3.05, 3.63) is 5.73 Å². The van der Waals surface area contributed by atoms with E-state index in [0.29, 0.717) is 0 Å². The van der Waals surface area contributed by atoms with Crippen LogP contribution in [-0.4, -0.2) is 28.8 Å². The molecule has 8 heavy (non-hydrogen) atoms. The normalized spacial score (nSPS) is 11.8. The zero-order chi connectivity index (χ0) is 5.86. The molecule has 0 aromatic heterocycles. The molecule has 0 rings (SSSR count). The van der Waals surface area contributed by atoms with Crippen LogP contribution in [0.5, 0.6) is 0 Å². The van der Waals surface area contributed by atoms with Crippen LogP contribution < -0.4 is 0 Å². The van der Waals surface area contributed by atoms with E-state index in [0.717, 1.165) is 0 Å². The molecule has 0 aromatic carbocycles. The molecule has 5 heteroatoms. The summed E-state index contributed by atoms with van der Waals surface area (Å²) in [5.74, 6) is -1.15. The molecule has 1 atom stereocenters. The molecule has 49 valence electrons. The van der Waals surface area contributed by atoms with Gasteiger partial charge in [-0.05, 0) is 0 Å². The first-order valence-electron chi connectivity index (χ1n) is 1.73. The summed E-state index contributed by atoms with van der Waals surface area (Å²) in [6.07, 6.45) is -1.51. The molecule has 0 aliphatic rings. The van der Waals surface area contributed by atoms with Crippen molar-refractivity contribution in [2.75, 3.05) is 6.61 Å². The number of rotatable bonds is 2. The van der Waals surface area contributed by atoms with E-state index in [1.165, 1.54) is 0 Å². The number of hydrogen-bond donors (Lipinski definition) is 2. The Morgan fingerprint density at radius 3 is 2.12 bits per heavy atom. The van der Waals surface area contributed by atoms with Gasteiger partial charge in [0.1, 0.15) is 6.10 Å². The first kappa shape index (κ1) is 10.9. The fraction of sp³-hybridized carbons (Fsp3) is 0.667. The van der Waals surface area contributed by atoms with Gasteiger partial charge in [0.05, 0.1) is 12.5 Å². The molecule has 0 aromatic rings. The molecule has 0 spiro atoms. The van der Waals surface area contributed by atoms with Gasteiger partial charge in [-0.1, -0.05) is 0 Å². The fourth-order valence-electron chi connectivity index (χ4n) is 0.0829. The SMILES string of the molecule is [NH-]C(=O)C(O)CO.[Os+]. The van der Waals surface area contributed by atoms with Crippen molar-refractivity contribution in [2.45, 2.75) is 6.10 Å². The number of aliphatic hydroxyl groups is 2. The van der Waals surface area contributed by atoms with Gasteiger partial charge in [-0.15, -0.1) is 0 Å². The molecular formula is C3H6NO3Os. The van der Waals surface area contributed by atoms with Crippen LogP contribution in [0.15, 0.2) is 0 Å². The molecule has 0 fully saturated rings.